The first-order chi connectivity index (χ1) is 5.15. The van der Waals surface area contributed by atoms with Gasteiger partial charge in [-0.1, -0.05) is 20.8 Å². The van der Waals surface area contributed by atoms with Crippen LogP contribution in [-0.4, -0.2) is 24.0 Å². The summed E-state index contributed by atoms with van der Waals surface area (Å²) >= 11 is 0. The number of rotatable bonds is 2. The molecule has 2 atom stereocenters. The van der Waals surface area contributed by atoms with Gasteiger partial charge >= 0.3 is 0 Å². The molecule has 0 bridgehead atoms. The summed E-state index contributed by atoms with van der Waals surface area (Å²) in [5.74, 6) is 1.82. The molecule has 1 unspecified atom stereocenters. The van der Waals surface area contributed by atoms with Gasteiger partial charge in [0, 0.05) is 12.6 Å². The summed E-state index contributed by atoms with van der Waals surface area (Å²) in [5.41, 5.74) is 0. The fourth-order valence-corrected chi connectivity index (χ4v) is 2.07. The van der Waals surface area contributed by atoms with E-state index in [1.165, 1.54) is 19.5 Å². The Balaban J connectivity index is 2.43. The van der Waals surface area contributed by atoms with Gasteiger partial charge in [-0.2, -0.15) is 0 Å². The summed E-state index contributed by atoms with van der Waals surface area (Å²) in [6.07, 6.45) is 1.41. The van der Waals surface area contributed by atoms with Crippen LogP contribution in [0.3, 0.4) is 0 Å². The Bertz CT molecular complexity index is 120. The maximum absolute atomic E-state index is 2.59. The minimum Gasteiger partial charge on any atom is -0.301 e. The normalized spacial score (nSPS) is 33.5. The van der Waals surface area contributed by atoms with Crippen molar-refractivity contribution in [3.63, 3.8) is 0 Å². The molecule has 1 rings (SSSR count). The number of hydrogen-bond acceptors (Lipinski definition) is 1. The molecule has 0 N–H and O–H groups in total. The molecular formula is C10H21N. The van der Waals surface area contributed by atoms with E-state index in [-0.39, 0.29) is 0 Å². The summed E-state index contributed by atoms with van der Waals surface area (Å²) < 4.78 is 0. The molecule has 0 aromatic rings. The quantitative estimate of drug-likeness (QED) is 0.592. The molecule has 1 fully saturated rings. The Morgan fingerprint density at radius 1 is 1.45 bits per heavy atom. The molecule has 0 aromatic carbocycles. The van der Waals surface area contributed by atoms with Crippen molar-refractivity contribution in [2.24, 2.45) is 11.8 Å². The van der Waals surface area contributed by atoms with Crippen molar-refractivity contribution in [2.75, 3.05) is 13.1 Å². The van der Waals surface area contributed by atoms with Gasteiger partial charge in [-0.05, 0) is 31.7 Å². The van der Waals surface area contributed by atoms with Gasteiger partial charge in [-0.3, -0.25) is 0 Å². The lowest BCUT2D eigenvalue weighted by atomic mass is 9.94. The van der Waals surface area contributed by atoms with E-state index in [0.29, 0.717) is 0 Å². The molecule has 1 aliphatic rings. The van der Waals surface area contributed by atoms with Gasteiger partial charge in [-0.25, -0.2) is 0 Å². The predicted octanol–water partition coefficient (Wildman–Crippen LogP) is 2.37. The Hall–Kier alpha value is -0.0400. The van der Waals surface area contributed by atoms with E-state index in [2.05, 4.69) is 32.6 Å². The highest BCUT2D eigenvalue weighted by Gasteiger charge is 2.29. The van der Waals surface area contributed by atoms with E-state index >= 15 is 0 Å². The second-order valence-electron chi connectivity index (χ2n) is 4.18. The topological polar surface area (TPSA) is 3.24 Å². The van der Waals surface area contributed by atoms with Crippen LogP contribution in [0.25, 0.3) is 0 Å². The second-order valence-corrected chi connectivity index (χ2v) is 4.18. The van der Waals surface area contributed by atoms with Crippen LogP contribution in [0.2, 0.25) is 0 Å². The van der Waals surface area contributed by atoms with Crippen molar-refractivity contribution < 1.29 is 0 Å². The van der Waals surface area contributed by atoms with Crippen LogP contribution in [0.4, 0.5) is 0 Å². The molecule has 0 amide bonds. The van der Waals surface area contributed by atoms with Crippen molar-refractivity contribution >= 4 is 0 Å². The van der Waals surface area contributed by atoms with Crippen LogP contribution >= 0.6 is 0 Å². The minimum atomic E-state index is 0.826. The van der Waals surface area contributed by atoms with Gasteiger partial charge in [0.15, 0.2) is 0 Å². The van der Waals surface area contributed by atoms with Crippen LogP contribution in [-0.2, 0) is 0 Å². The molecule has 0 aromatic heterocycles. The fraction of sp³-hybridized carbons (Fsp3) is 1.00. The first-order valence-electron chi connectivity index (χ1n) is 4.89. The molecule has 1 aliphatic heterocycles. The average molecular weight is 155 g/mol. The zero-order chi connectivity index (χ0) is 8.43. The summed E-state index contributed by atoms with van der Waals surface area (Å²) in [5, 5.41) is 0. The molecule has 1 saturated heterocycles. The number of nitrogens with zero attached hydrogens (tertiary/aromatic N) is 1. The highest BCUT2D eigenvalue weighted by Crippen LogP contribution is 2.27. The summed E-state index contributed by atoms with van der Waals surface area (Å²) in [6.45, 7) is 11.9. The molecule has 1 heteroatoms. The Labute approximate surface area is 70.8 Å². The molecule has 0 aliphatic carbocycles. The molecule has 1 nitrogen and oxygen atoms in total. The van der Waals surface area contributed by atoms with Crippen molar-refractivity contribution in [3.8, 4) is 0 Å². The predicted molar refractivity (Wildman–Crippen MR) is 49.7 cm³/mol. The Morgan fingerprint density at radius 2 is 2.09 bits per heavy atom. The molecule has 0 radical (unpaired) electrons. The summed E-state index contributed by atoms with van der Waals surface area (Å²) in [6, 6.07) is 0.826. The first-order valence-corrected chi connectivity index (χ1v) is 4.89. The molecular weight excluding hydrogens is 134 g/mol. The summed E-state index contributed by atoms with van der Waals surface area (Å²) in [7, 11) is 0. The zero-order valence-electron chi connectivity index (χ0n) is 8.30. The van der Waals surface area contributed by atoms with Gasteiger partial charge < -0.3 is 4.90 Å². The molecule has 1 heterocycles. The largest absolute Gasteiger partial charge is 0.301 e. The number of likely N-dealkylation sites (tertiary alicyclic amines) is 1. The van der Waals surface area contributed by atoms with Crippen LogP contribution in [0.5, 0.6) is 0 Å². The fourth-order valence-electron chi connectivity index (χ4n) is 2.07. The summed E-state index contributed by atoms with van der Waals surface area (Å²) in [4.78, 5) is 2.59. The van der Waals surface area contributed by atoms with Crippen molar-refractivity contribution in [2.45, 2.75) is 40.2 Å². The van der Waals surface area contributed by atoms with E-state index in [0.717, 1.165) is 17.9 Å². The minimum absolute atomic E-state index is 0.826. The lowest BCUT2D eigenvalue weighted by Gasteiger charge is -2.18. The third-order valence-electron chi connectivity index (χ3n) is 3.09. The van der Waals surface area contributed by atoms with Crippen LogP contribution in [0, 0.1) is 11.8 Å². The molecule has 11 heavy (non-hydrogen) atoms. The Kier molecular flexibility index (Phi) is 2.94. The van der Waals surface area contributed by atoms with E-state index in [4.69, 9.17) is 0 Å². The molecule has 0 spiro atoms. The third kappa shape index (κ3) is 1.96. The Morgan fingerprint density at radius 3 is 2.36 bits per heavy atom. The van der Waals surface area contributed by atoms with Gasteiger partial charge in [0.1, 0.15) is 0 Å². The van der Waals surface area contributed by atoms with Crippen LogP contribution in [0.1, 0.15) is 34.1 Å². The number of hydrogen-bond donors (Lipinski definition) is 0. The third-order valence-corrected chi connectivity index (χ3v) is 3.09. The SMILES string of the molecule is CCN1C[C@@H](C(C)C)CC1C. The van der Waals surface area contributed by atoms with Crippen molar-refractivity contribution in [1.82, 2.24) is 4.90 Å². The monoisotopic (exact) mass is 155 g/mol. The lowest BCUT2D eigenvalue weighted by molar-refractivity contribution is 0.272. The van der Waals surface area contributed by atoms with E-state index < -0.39 is 0 Å². The molecule has 0 saturated carbocycles. The van der Waals surface area contributed by atoms with Crippen LogP contribution < -0.4 is 0 Å². The van der Waals surface area contributed by atoms with Gasteiger partial charge in [-0.15, -0.1) is 0 Å². The van der Waals surface area contributed by atoms with E-state index in [1.807, 2.05) is 0 Å². The smallest absolute Gasteiger partial charge is 0.00701 e. The van der Waals surface area contributed by atoms with Crippen molar-refractivity contribution in [3.05, 3.63) is 0 Å². The lowest BCUT2D eigenvalue weighted by Crippen LogP contribution is -2.26. The van der Waals surface area contributed by atoms with Crippen LogP contribution in [0.15, 0.2) is 0 Å². The maximum atomic E-state index is 2.59. The first kappa shape index (κ1) is 9.05. The van der Waals surface area contributed by atoms with Gasteiger partial charge in [0.05, 0.1) is 0 Å². The highest BCUT2D eigenvalue weighted by atomic mass is 15.2. The average Bonchev–Trinajstić information content (AvgIpc) is 2.31. The standard InChI is InChI=1S/C10H21N/c1-5-11-7-10(8(2)3)6-9(11)4/h8-10H,5-7H2,1-4H3/t9?,10-/m0/s1. The van der Waals surface area contributed by atoms with E-state index in [1.54, 1.807) is 0 Å². The van der Waals surface area contributed by atoms with Gasteiger partial charge in [0.25, 0.3) is 0 Å². The second kappa shape index (κ2) is 3.57. The molecule has 66 valence electrons. The van der Waals surface area contributed by atoms with E-state index in [9.17, 15) is 0 Å². The maximum Gasteiger partial charge on any atom is 0.00701 e. The highest BCUT2D eigenvalue weighted by molar-refractivity contribution is 4.82. The van der Waals surface area contributed by atoms with Gasteiger partial charge in [0.2, 0.25) is 0 Å². The van der Waals surface area contributed by atoms with Crippen molar-refractivity contribution in [1.29, 1.82) is 0 Å². The zero-order valence-corrected chi connectivity index (χ0v) is 8.30.